The molecule has 0 aromatic carbocycles. The molecule has 0 aliphatic carbocycles. The Morgan fingerprint density at radius 2 is 2.25 bits per heavy atom. The van der Waals surface area contributed by atoms with Gasteiger partial charge in [0.2, 0.25) is 5.89 Å². The van der Waals surface area contributed by atoms with Crippen LogP contribution in [0.5, 0.6) is 0 Å². The van der Waals surface area contributed by atoms with E-state index in [1.54, 1.807) is 7.11 Å². The van der Waals surface area contributed by atoms with Crippen molar-refractivity contribution in [2.75, 3.05) is 40.0 Å². The summed E-state index contributed by atoms with van der Waals surface area (Å²) in [5.41, 5.74) is -0.0702. The van der Waals surface area contributed by atoms with Crippen LogP contribution in [0.25, 0.3) is 0 Å². The van der Waals surface area contributed by atoms with E-state index in [-0.39, 0.29) is 17.2 Å². The fraction of sp³-hybridized carbons (Fsp3) is 0.684. The molecule has 2 saturated heterocycles. The molecular formula is C19H26N4O5. The highest BCUT2D eigenvalue weighted by Crippen LogP contribution is 2.37. The van der Waals surface area contributed by atoms with Crippen molar-refractivity contribution in [1.82, 2.24) is 20.0 Å². The summed E-state index contributed by atoms with van der Waals surface area (Å²) in [4.78, 5) is 23.4. The first-order valence-corrected chi connectivity index (χ1v) is 9.80. The lowest BCUT2D eigenvalue weighted by Gasteiger charge is -2.40. The molecule has 1 amide bonds. The fourth-order valence-corrected chi connectivity index (χ4v) is 4.14. The van der Waals surface area contributed by atoms with Crippen LogP contribution in [-0.2, 0) is 14.9 Å². The molecule has 9 nitrogen and oxygen atoms in total. The zero-order valence-electron chi connectivity index (χ0n) is 16.1. The molecule has 1 unspecified atom stereocenters. The smallest absolute Gasteiger partial charge is 0.275 e. The second-order valence-electron chi connectivity index (χ2n) is 7.57. The Labute approximate surface area is 163 Å². The zero-order valence-corrected chi connectivity index (χ0v) is 16.1. The minimum atomic E-state index is -0.388. The highest BCUT2D eigenvalue weighted by Gasteiger charge is 2.43. The average Bonchev–Trinajstić information content (AvgIpc) is 3.45. The number of oxazole rings is 1. The molecule has 152 valence electrons. The fourth-order valence-electron chi connectivity index (χ4n) is 4.14. The Morgan fingerprint density at radius 1 is 1.39 bits per heavy atom. The van der Waals surface area contributed by atoms with Crippen LogP contribution < -0.4 is 0 Å². The summed E-state index contributed by atoms with van der Waals surface area (Å²) in [6, 6.07) is 0. The van der Waals surface area contributed by atoms with Crippen molar-refractivity contribution in [3.05, 3.63) is 30.1 Å². The van der Waals surface area contributed by atoms with Gasteiger partial charge in [-0.2, -0.15) is 4.98 Å². The number of methoxy groups -OCH3 is 1. The van der Waals surface area contributed by atoms with Crippen LogP contribution in [0.1, 0.15) is 60.2 Å². The van der Waals surface area contributed by atoms with Crippen molar-refractivity contribution in [2.24, 2.45) is 0 Å². The molecule has 4 heterocycles. The standard InChI is InChI=1S/C19H26N4O5/c1-25-10-6-19(18-21-16(28-22-18)14-3-8-26-9-4-14)5-2-7-23(12-19)17(24)15-11-27-13-20-15/h11,13-14H,2-10,12H2,1H3. The van der Waals surface area contributed by atoms with Gasteiger partial charge in [-0.15, -0.1) is 0 Å². The summed E-state index contributed by atoms with van der Waals surface area (Å²) >= 11 is 0. The Balaban J connectivity index is 1.57. The molecule has 2 aliphatic rings. The quantitative estimate of drug-likeness (QED) is 0.739. The number of amides is 1. The van der Waals surface area contributed by atoms with Gasteiger partial charge >= 0.3 is 0 Å². The Hall–Kier alpha value is -2.26. The van der Waals surface area contributed by atoms with Gasteiger partial charge in [-0.3, -0.25) is 4.79 Å². The average molecular weight is 390 g/mol. The van der Waals surface area contributed by atoms with Gasteiger partial charge in [0.05, 0.1) is 5.41 Å². The van der Waals surface area contributed by atoms with Crippen molar-refractivity contribution >= 4 is 5.91 Å². The molecule has 2 fully saturated rings. The minimum Gasteiger partial charge on any atom is -0.451 e. The maximum atomic E-state index is 12.8. The van der Waals surface area contributed by atoms with Gasteiger partial charge in [0.1, 0.15) is 6.26 Å². The molecule has 9 heteroatoms. The van der Waals surface area contributed by atoms with Crippen molar-refractivity contribution in [1.29, 1.82) is 0 Å². The first-order chi connectivity index (χ1) is 13.7. The van der Waals surface area contributed by atoms with Crippen LogP contribution in [0, 0.1) is 0 Å². The second-order valence-corrected chi connectivity index (χ2v) is 7.57. The predicted molar refractivity (Wildman–Crippen MR) is 96.9 cm³/mol. The second kappa shape index (κ2) is 8.40. The van der Waals surface area contributed by atoms with Crippen LogP contribution in [-0.4, -0.2) is 66.0 Å². The van der Waals surface area contributed by atoms with E-state index in [9.17, 15) is 4.79 Å². The van der Waals surface area contributed by atoms with E-state index in [1.807, 2.05) is 4.90 Å². The van der Waals surface area contributed by atoms with Crippen molar-refractivity contribution in [3.63, 3.8) is 0 Å². The van der Waals surface area contributed by atoms with Crippen LogP contribution in [0.2, 0.25) is 0 Å². The highest BCUT2D eigenvalue weighted by molar-refractivity contribution is 5.92. The van der Waals surface area contributed by atoms with Crippen LogP contribution in [0.3, 0.4) is 0 Å². The van der Waals surface area contributed by atoms with E-state index in [0.717, 1.165) is 45.3 Å². The zero-order chi connectivity index (χ0) is 19.4. The number of ether oxygens (including phenoxy) is 2. The third-order valence-corrected chi connectivity index (χ3v) is 5.79. The predicted octanol–water partition coefficient (Wildman–Crippen LogP) is 2.16. The number of nitrogens with zero attached hydrogens (tertiary/aromatic N) is 4. The van der Waals surface area contributed by atoms with Gasteiger partial charge in [-0.25, -0.2) is 4.98 Å². The molecule has 0 N–H and O–H groups in total. The summed E-state index contributed by atoms with van der Waals surface area (Å²) in [7, 11) is 1.68. The first kappa shape index (κ1) is 19.1. The summed E-state index contributed by atoms with van der Waals surface area (Å²) in [6.45, 7) is 3.18. The third kappa shape index (κ3) is 3.81. The van der Waals surface area contributed by atoms with Crippen LogP contribution >= 0.6 is 0 Å². The van der Waals surface area contributed by atoms with E-state index in [0.29, 0.717) is 37.1 Å². The normalized spacial score (nSPS) is 23.8. The minimum absolute atomic E-state index is 0.136. The number of piperidine rings is 1. The van der Waals surface area contributed by atoms with Gasteiger partial charge in [0.15, 0.2) is 17.9 Å². The topological polar surface area (TPSA) is 104 Å². The summed E-state index contributed by atoms with van der Waals surface area (Å²) in [6.07, 6.45) is 6.89. The maximum Gasteiger partial charge on any atom is 0.275 e. The monoisotopic (exact) mass is 390 g/mol. The molecule has 28 heavy (non-hydrogen) atoms. The molecular weight excluding hydrogens is 364 g/mol. The number of aromatic nitrogens is 3. The van der Waals surface area contributed by atoms with Gasteiger partial charge in [-0.05, 0) is 32.1 Å². The van der Waals surface area contributed by atoms with E-state index in [4.69, 9.17) is 23.4 Å². The van der Waals surface area contributed by atoms with Crippen molar-refractivity contribution in [3.8, 4) is 0 Å². The molecule has 1 atom stereocenters. The van der Waals surface area contributed by atoms with Crippen molar-refractivity contribution in [2.45, 2.75) is 43.4 Å². The number of carbonyl (C=O) groups is 1. The van der Waals surface area contributed by atoms with Gasteiger partial charge in [0, 0.05) is 45.9 Å². The van der Waals surface area contributed by atoms with Crippen molar-refractivity contribution < 1.29 is 23.2 Å². The summed E-state index contributed by atoms with van der Waals surface area (Å²) in [5, 5.41) is 4.34. The Morgan fingerprint density at radius 3 is 3.00 bits per heavy atom. The SMILES string of the molecule is COCCC1(c2noc(C3CCOCC3)n2)CCCN(C(=O)c2cocn2)C1. The lowest BCUT2D eigenvalue weighted by atomic mass is 9.76. The Kier molecular flexibility index (Phi) is 5.72. The number of rotatable bonds is 6. The lowest BCUT2D eigenvalue weighted by Crippen LogP contribution is -2.49. The van der Waals surface area contributed by atoms with E-state index in [2.05, 4.69) is 10.1 Å². The number of carbonyl (C=O) groups excluding carboxylic acids is 1. The maximum absolute atomic E-state index is 12.8. The lowest BCUT2D eigenvalue weighted by molar-refractivity contribution is 0.0561. The molecule has 2 aromatic heterocycles. The van der Waals surface area contributed by atoms with E-state index < -0.39 is 0 Å². The number of likely N-dealkylation sites (tertiary alicyclic amines) is 1. The molecule has 0 saturated carbocycles. The molecule has 2 aromatic rings. The first-order valence-electron chi connectivity index (χ1n) is 9.80. The van der Waals surface area contributed by atoms with E-state index in [1.165, 1.54) is 12.7 Å². The molecule has 0 bridgehead atoms. The number of hydrogen-bond acceptors (Lipinski definition) is 8. The highest BCUT2D eigenvalue weighted by atomic mass is 16.5. The third-order valence-electron chi connectivity index (χ3n) is 5.79. The van der Waals surface area contributed by atoms with Crippen LogP contribution in [0.15, 0.2) is 21.6 Å². The van der Waals surface area contributed by atoms with Gasteiger partial charge in [-0.1, -0.05) is 5.16 Å². The summed E-state index contributed by atoms with van der Waals surface area (Å²) < 4.78 is 21.4. The molecule has 0 radical (unpaired) electrons. The molecule has 2 aliphatic heterocycles. The summed E-state index contributed by atoms with van der Waals surface area (Å²) in [5.74, 6) is 1.45. The number of hydrogen-bond donors (Lipinski definition) is 0. The van der Waals surface area contributed by atoms with E-state index >= 15 is 0 Å². The largest absolute Gasteiger partial charge is 0.451 e. The molecule has 0 spiro atoms. The Bertz CT molecular complexity index is 771. The van der Waals surface area contributed by atoms with Gasteiger partial charge in [0.25, 0.3) is 5.91 Å². The molecule has 4 rings (SSSR count). The van der Waals surface area contributed by atoms with Crippen LogP contribution in [0.4, 0.5) is 0 Å². The van der Waals surface area contributed by atoms with Gasteiger partial charge < -0.3 is 23.3 Å².